The lowest BCUT2D eigenvalue weighted by molar-refractivity contribution is 0.116. The fourth-order valence-electron chi connectivity index (χ4n) is 1.04. The van der Waals surface area contributed by atoms with Crippen LogP contribution in [0.3, 0.4) is 0 Å². The number of aliphatic hydroxyl groups is 1. The minimum atomic E-state index is -0.565. The number of hydrogen-bond acceptors (Lipinski definition) is 2. The van der Waals surface area contributed by atoms with Crippen molar-refractivity contribution in [2.75, 3.05) is 5.75 Å². The molecule has 1 nitrogen and oxygen atoms in total. The Kier molecular flexibility index (Phi) is 1.87. The second-order valence-electron chi connectivity index (χ2n) is 2.63. The van der Waals surface area contributed by atoms with Crippen LogP contribution in [0.25, 0.3) is 0 Å². The van der Waals surface area contributed by atoms with E-state index in [2.05, 4.69) is 13.5 Å². The Bertz CT molecular complexity index is 124. The molecule has 9 heavy (non-hydrogen) atoms. The van der Waals surface area contributed by atoms with Crippen molar-refractivity contribution in [1.29, 1.82) is 0 Å². The van der Waals surface area contributed by atoms with Crippen LogP contribution >= 0.6 is 11.8 Å². The molecule has 2 atom stereocenters. The van der Waals surface area contributed by atoms with Gasteiger partial charge in [-0.15, -0.1) is 6.58 Å². The molecule has 0 bridgehead atoms. The highest BCUT2D eigenvalue weighted by atomic mass is 32.2. The normalized spacial score (nSPS) is 43.1. The van der Waals surface area contributed by atoms with Gasteiger partial charge in [-0.2, -0.15) is 11.8 Å². The second-order valence-corrected chi connectivity index (χ2v) is 4.06. The molecule has 1 heterocycles. The van der Waals surface area contributed by atoms with Crippen LogP contribution in [0.5, 0.6) is 0 Å². The summed E-state index contributed by atoms with van der Waals surface area (Å²) >= 11 is 1.81. The third-order valence-corrected chi connectivity index (χ3v) is 3.04. The fourth-order valence-corrected chi connectivity index (χ4v) is 2.26. The first kappa shape index (κ1) is 7.16. The molecule has 1 N–H and O–H groups in total. The molecule has 2 heteroatoms. The van der Waals surface area contributed by atoms with Crippen LogP contribution in [0, 0.1) is 0 Å². The van der Waals surface area contributed by atoms with E-state index in [4.69, 9.17) is 0 Å². The van der Waals surface area contributed by atoms with Crippen molar-refractivity contribution in [2.45, 2.75) is 24.2 Å². The fraction of sp³-hybridized carbons (Fsp3) is 0.714. The van der Waals surface area contributed by atoms with Crippen LogP contribution in [0.1, 0.15) is 13.3 Å². The molecule has 0 aromatic heterocycles. The van der Waals surface area contributed by atoms with E-state index < -0.39 is 5.60 Å². The summed E-state index contributed by atoms with van der Waals surface area (Å²) in [6, 6.07) is 0. The SMILES string of the molecule is C=CC1(O)CSC(C)C1. The van der Waals surface area contributed by atoms with Crippen LogP contribution in [-0.4, -0.2) is 21.7 Å². The van der Waals surface area contributed by atoms with Gasteiger partial charge >= 0.3 is 0 Å². The molecule has 0 aliphatic carbocycles. The Balaban J connectivity index is 2.54. The molecular formula is C7H12OS. The van der Waals surface area contributed by atoms with E-state index >= 15 is 0 Å². The molecule has 0 spiro atoms. The summed E-state index contributed by atoms with van der Waals surface area (Å²) < 4.78 is 0. The van der Waals surface area contributed by atoms with E-state index in [0.29, 0.717) is 5.25 Å². The molecule has 1 rings (SSSR count). The third kappa shape index (κ3) is 1.49. The predicted molar refractivity (Wildman–Crippen MR) is 41.7 cm³/mol. The van der Waals surface area contributed by atoms with Crippen LogP contribution in [-0.2, 0) is 0 Å². The number of thioether (sulfide) groups is 1. The molecule has 1 aliphatic rings. The Labute approximate surface area is 60.2 Å². The molecule has 1 saturated heterocycles. The molecule has 0 aromatic rings. The standard InChI is InChI=1S/C7H12OS/c1-3-7(8)4-6(2)9-5-7/h3,6,8H,1,4-5H2,2H3. The van der Waals surface area contributed by atoms with Gasteiger partial charge in [-0.3, -0.25) is 0 Å². The van der Waals surface area contributed by atoms with Gasteiger partial charge in [-0.05, 0) is 6.42 Å². The molecule has 0 radical (unpaired) electrons. The zero-order valence-electron chi connectivity index (χ0n) is 5.63. The van der Waals surface area contributed by atoms with Crippen molar-refractivity contribution in [3.05, 3.63) is 12.7 Å². The van der Waals surface area contributed by atoms with Gasteiger partial charge in [0.2, 0.25) is 0 Å². The van der Waals surface area contributed by atoms with E-state index in [9.17, 15) is 5.11 Å². The van der Waals surface area contributed by atoms with E-state index in [0.717, 1.165) is 12.2 Å². The molecule has 0 amide bonds. The van der Waals surface area contributed by atoms with Crippen molar-refractivity contribution in [1.82, 2.24) is 0 Å². The highest BCUT2D eigenvalue weighted by Gasteiger charge is 2.32. The van der Waals surface area contributed by atoms with Crippen LogP contribution < -0.4 is 0 Å². The number of rotatable bonds is 1. The lowest BCUT2D eigenvalue weighted by Crippen LogP contribution is -2.24. The maximum Gasteiger partial charge on any atom is 0.0925 e. The Morgan fingerprint density at radius 2 is 2.56 bits per heavy atom. The average Bonchev–Trinajstić information content (AvgIpc) is 2.13. The highest BCUT2D eigenvalue weighted by molar-refractivity contribution is 8.00. The van der Waals surface area contributed by atoms with Crippen LogP contribution in [0.2, 0.25) is 0 Å². The zero-order valence-corrected chi connectivity index (χ0v) is 6.45. The van der Waals surface area contributed by atoms with Crippen molar-refractivity contribution in [3.63, 3.8) is 0 Å². The van der Waals surface area contributed by atoms with E-state index in [1.807, 2.05) is 11.8 Å². The van der Waals surface area contributed by atoms with Gasteiger partial charge in [0.15, 0.2) is 0 Å². The largest absolute Gasteiger partial charge is 0.385 e. The molecule has 1 aliphatic heterocycles. The molecule has 52 valence electrons. The highest BCUT2D eigenvalue weighted by Crippen LogP contribution is 2.34. The summed E-state index contributed by atoms with van der Waals surface area (Å²) in [6.07, 6.45) is 2.52. The van der Waals surface area contributed by atoms with Crippen LogP contribution in [0.15, 0.2) is 12.7 Å². The van der Waals surface area contributed by atoms with Gasteiger partial charge in [0.25, 0.3) is 0 Å². The first-order chi connectivity index (χ1) is 4.16. The molecule has 1 fully saturated rings. The zero-order chi connectivity index (χ0) is 6.91. The van der Waals surface area contributed by atoms with Gasteiger partial charge in [-0.1, -0.05) is 13.0 Å². The molecular weight excluding hydrogens is 132 g/mol. The predicted octanol–water partition coefficient (Wildman–Crippen LogP) is 1.43. The maximum atomic E-state index is 9.53. The first-order valence-corrected chi connectivity index (χ1v) is 4.19. The first-order valence-electron chi connectivity index (χ1n) is 3.14. The van der Waals surface area contributed by atoms with Crippen molar-refractivity contribution in [3.8, 4) is 0 Å². The Hall–Kier alpha value is 0.0500. The van der Waals surface area contributed by atoms with Gasteiger partial charge in [-0.25, -0.2) is 0 Å². The topological polar surface area (TPSA) is 20.2 Å². The van der Waals surface area contributed by atoms with Crippen molar-refractivity contribution < 1.29 is 5.11 Å². The summed E-state index contributed by atoms with van der Waals surface area (Å²) in [4.78, 5) is 0. The minimum absolute atomic E-state index is 0.565. The maximum absolute atomic E-state index is 9.53. The second kappa shape index (κ2) is 2.35. The molecule has 0 saturated carbocycles. The molecule has 2 unspecified atom stereocenters. The monoisotopic (exact) mass is 144 g/mol. The van der Waals surface area contributed by atoms with Crippen molar-refractivity contribution >= 4 is 11.8 Å². The van der Waals surface area contributed by atoms with Gasteiger partial charge in [0.05, 0.1) is 5.60 Å². The quantitative estimate of drug-likeness (QED) is 0.562. The lowest BCUT2D eigenvalue weighted by atomic mass is 10.0. The van der Waals surface area contributed by atoms with Gasteiger partial charge in [0, 0.05) is 11.0 Å². The van der Waals surface area contributed by atoms with Gasteiger partial charge < -0.3 is 5.11 Å². The Morgan fingerprint density at radius 1 is 1.89 bits per heavy atom. The average molecular weight is 144 g/mol. The summed E-state index contributed by atoms with van der Waals surface area (Å²) in [6.45, 7) is 5.72. The third-order valence-electron chi connectivity index (χ3n) is 1.64. The lowest BCUT2D eigenvalue weighted by Gasteiger charge is -2.14. The summed E-state index contributed by atoms with van der Waals surface area (Å²) in [5.41, 5.74) is -0.565. The van der Waals surface area contributed by atoms with Crippen LogP contribution in [0.4, 0.5) is 0 Å². The van der Waals surface area contributed by atoms with E-state index in [1.54, 1.807) is 6.08 Å². The van der Waals surface area contributed by atoms with E-state index in [-0.39, 0.29) is 0 Å². The molecule has 0 aromatic carbocycles. The van der Waals surface area contributed by atoms with Crippen molar-refractivity contribution in [2.24, 2.45) is 0 Å². The number of hydrogen-bond donors (Lipinski definition) is 1. The smallest absolute Gasteiger partial charge is 0.0925 e. The summed E-state index contributed by atoms with van der Waals surface area (Å²) in [5, 5.41) is 10.1. The summed E-state index contributed by atoms with van der Waals surface area (Å²) in [7, 11) is 0. The van der Waals surface area contributed by atoms with Gasteiger partial charge in [0.1, 0.15) is 0 Å². The summed E-state index contributed by atoms with van der Waals surface area (Å²) in [5.74, 6) is 0.817. The van der Waals surface area contributed by atoms with E-state index in [1.165, 1.54) is 0 Å². The Morgan fingerprint density at radius 3 is 2.78 bits per heavy atom. The minimum Gasteiger partial charge on any atom is -0.385 e.